The van der Waals surface area contributed by atoms with E-state index in [9.17, 15) is 14.9 Å². The minimum atomic E-state index is -0.443. The van der Waals surface area contributed by atoms with Crippen LogP contribution >= 0.6 is 0 Å². The fourth-order valence-electron chi connectivity index (χ4n) is 1.18. The molecular weight excluding hydrogens is 222 g/mol. The van der Waals surface area contributed by atoms with Crippen LogP contribution in [0.1, 0.15) is 5.56 Å². The summed E-state index contributed by atoms with van der Waals surface area (Å²) in [4.78, 5) is 20.4. The van der Waals surface area contributed by atoms with Crippen molar-refractivity contribution in [1.29, 1.82) is 0 Å². The van der Waals surface area contributed by atoms with Crippen LogP contribution in [0.15, 0.2) is 30.3 Å². The number of hydrogen-bond donors (Lipinski definition) is 2. The molecule has 0 spiro atoms. The van der Waals surface area contributed by atoms with Gasteiger partial charge in [-0.05, 0) is 17.7 Å². The Bertz CT molecular complexity index is 426. The number of nitrogens with two attached hydrogens (primary N) is 1. The Morgan fingerprint density at radius 1 is 1.41 bits per heavy atom. The maximum absolute atomic E-state index is 10.4. The van der Waals surface area contributed by atoms with Crippen molar-refractivity contribution < 1.29 is 9.72 Å². The summed E-state index contributed by atoms with van der Waals surface area (Å²) in [5, 5.41) is 13.2. The molecule has 0 aliphatic heterocycles. The Morgan fingerprint density at radius 3 is 2.59 bits per heavy atom. The van der Waals surface area contributed by atoms with Gasteiger partial charge in [-0.25, -0.2) is 0 Å². The number of nitrogens with one attached hydrogen (secondary N) is 1. The zero-order chi connectivity index (χ0) is 12.7. The summed E-state index contributed by atoms with van der Waals surface area (Å²) >= 11 is 0. The second-order valence-corrected chi connectivity index (χ2v) is 3.35. The summed E-state index contributed by atoms with van der Waals surface area (Å²) in [5.41, 5.74) is 5.86. The van der Waals surface area contributed by atoms with Crippen LogP contribution in [0.25, 0.3) is 6.08 Å². The van der Waals surface area contributed by atoms with E-state index in [-0.39, 0.29) is 12.2 Å². The van der Waals surface area contributed by atoms with Crippen molar-refractivity contribution >= 4 is 17.7 Å². The maximum Gasteiger partial charge on any atom is 0.269 e. The molecule has 0 atom stereocenters. The lowest BCUT2D eigenvalue weighted by atomic mass is 10.2. The summed E-state index contributed by atoms with van der Waals surface area (Å²) in [6.45, 7) is 0.643. The van der Waals surface area contributed by atoms with Gasteiger partial charge in [0.25, 0.3) is 5.69 Å². The second-order valence-electron chi connectivity index (χ2n) is 3.35. The molecule has 6 nitrogen and oxygen atoms in total. The van der Waals surface area contributed by atoms with E-state index in [0.29, 0.717) is 6.54 Å². The third kappa shape index (κ3) is 4.89. The van der Waals surface area contributed by atoms with Crippen molar-refractivity contribution in [3.8, 4) is 0 Å². The number of amides is 1. The van der Waals surface area contributed by atoms with Crippen LogP contribution in [0.5, 0.6) is 0 Å². The van der Waals surface area contributed by atoms with E-state index in [2.05, 4.69) is 5.32 Å². The third-order valence-corrected chi connectivity index (χ3v) is 1.98. The fraction of sp³-hybridized carbons (Fsp3) is 0.182. The first-order valence-electron chi connectivity index (χ1n) is 4.99. The molecule has 90 valence electrons. The van der Waals surface area contributed by atoms with Crippen LogP contribution in [-0.2, 0) is 4.79 Å². The van der Waals surface area contributed by atoms with Crippen LogP contribution < -0.4 is 11.1 Å². The van der Waals surface area contributed by atoms with Crippen LogP contribution in [0.3, 0.4) is 0 Å². The number of carbonyl (C=O) groups excluding carboxylic acids is 1. The fourth-order valence-corrected chi connectivity index (χ4v) is 1.18. The molecule has 0 aromatic heterocycles. The van der Waals surface area contributed by atoms with E-state index in [4.69, 9.17) is 5.73 Å². The molecule has 1 aromatic rings. The normalized spacial score (nSPS) is 10.6. The zero-order valence-electron chi connectivity index (χ0n) is 9.13. The largest absolute Gasteiger partial charge is 0.369 e. The maximum atomic E-state index is 10.4. The van der Waals surface area contributed by atoms with Crippen molar-refractivity contribution in [3.05, 3.63) is 46.0 Å². The van der Waals surface area contributed by atoms with Gasteiger partial charge in [0.05, 0.1) is 11.5 Å². The first kappa shape index (κ1) is 12.9. The van der Waals surface area contributed by atoms with Crippen molar-refractivity contribution in [3.63, 3.8) is 0 Å². The zero-order valence-corrected chi connectivity index (χ0v) is 9.13. The van der Waals surface area contributed by atoms with Crippen LogP contribution in [0.4, 0.5) is 5.69 Å². The SMILES string of the molecule is NC(=O)CNCC=Cc1ccc([N+](=O)[O-])cc1. The number of carbonyl (C=O) groups is 1. The summed E-state index contributed by atoms with van der Waals surface area (Å²) in [6, 6.07) is 6.19. The van der Waals surface area contributed by atoms with Crippen molar-refractivity contribution in [2.45, 2.75) is 0 Å². The molecular formula is C11H13N3O3. The average molecular weight is 235 g/mol. The van der Waals surface area contributed by atoms with Gasteiger partial charge in [-0.2, -0.15) is 0 Å². The molecule has 0 unspecified atom stereocenters. The summed E-state index contributed by atoms with van der Waals surface area (Å²) < 4.78 is 0. The smallest absolute Gasteiger partial charge is 0.269 e. The number of rotatable bonds is 6. The Labute approximate surface area is 98.3 Å². The van der Waals surface area contributed by atoms with Crippen molar-refractivity contribution in [2.24, 2.45) is 5.73 Å². The number of primary amides is 1. The molecule has 17 heavy (non-hydrogen) atoms. The van der Waals surface area contributed by atoms with Gasteiger partial charge in [0.15, 0.2) is 0 Å². The number of non-ortho nitro benzene ring substituents is 1. The Balaban J connectivity index is 2.43. The standard InChI is InChI=1S/C11H13N3O3/c12-11(15)8-13-7-1-2-9-3-5-10(6-4-9)14(16)17/h1-6,13H,7-8H2,(H2,12,15). The van der Waals surface area contributed by atoms with E-state index < -0.39 is 10.8 Å². The van der Waals surface area contributed by atoms with E-state index in [1.54, 1.807) is 18.2 Å². The molecule has 0 aliphatic rings. The van der Waals surface area contributed by atoms with Gasteiger partial charge < -0.3 is 11.1 Å². The predicted octanol–water partition coefficient (Wildman–Crippen LogP) is 0.683. The first-order chi connectivity index (χ1) is 8.09. The quantitative estimate of drug-likeness (QED) is 0.430. The van der Waals surface area contributed by atoms with E-state index in [0.717, 1.165) is 5.56 Å². The van der Waals surface area contributed by atoms with Gasteiger partial charge in [-0.1, -0.05) is 12.2 Å². The van der Waals surface area contributed by atoms with E-state index >= 15 is 0 Å². The van der Waals surface area contributed by atoms with Gasteiger partial charge >= 0.3 is 0 Å². The molecule has 0 bridgehead atoms. The van der Waals surface area contributed by atoms with E-state index in [1.165, 1.54) is 12.1 Å². The highest BCUT2D eigenvalue weighted by Gasteiger charge is 2.01. The lowest BCUT2D eigenvalue weighted by molar-refractivity contribution is -0.384. The monoisotopic (exact) mass is 235 g/mol. The van der Waals surface area contributed by atoms with Gasteiger partial charge in [0, 0.05) is 18.7 Å². The number of nitrogens with zero attached hydrogens (tertiary/aromatic N) is 1. The minimum Gasteiger partial charge on any atom is -0.369 e. The highest BCUT2D eigenvalue weighted by molar-refractivity contribution is 5.75. The molecule has 0 saturated carbocycles. The molecule has 1 amide bonds. The molecule has 0 heterocycles. The second kappa shape index (κ2) is 6.39. The minimum absolute atomic E-state index is 0.0639. The third-order valence-electron chi connectivity index (χ3n) is 1.98. The van der Waals surface area contributed by atoms with E-state index in [1.807, 2.05) is 6.08 Å². The summed E-state index contributed by atoms with van der Waals surface area (Å²) in [6.07, 6.45) is 3.61. The Hall–Kier alpha value is -2.21. The van der Waals surface area contributed by atoms with Gasteiger partial charge in [0.2, 0.25) is 5.91 Å². The topological polar surface area (TPSA) is 98.3 Å². The van der Waals surface area contributed by atoms with Crippen LogP contribution in [0, 0.1) is 10.1 Å². The number of nitro benzene ring substituents is 1. The molecule has 0 saturated heterocycles. The summed E-state index contributed by atoms with van der Waals surface area (Å²) in [5.74, 6) is -0.409. The number of benzene rings is 1. The lowest BCUT2D eigenvalue weighted by Gasteiger charge is -1.96. The molecule has 0 aliphatic carbocycles. The Kier molecular flexibility index (Phi) is 4.83. The number of hydrogen-bond acceptors (Lipinski definition) is 4. The molecule has 3 N–H and O–H groups in total. The molecule has 0 radical (unpaired) electrons. The lowest BCUT2D eigenvalue weighted by Crippen LogP contribution is -2.28. The molecule has 0 fully saturated rings. The Morgan fingerprint density at radius 2 is 2.06 bits per heavy atom. The van der Waals surface area contributed by atoms with Gasteiger partial charge in [-0.15, -0.1) is 0 Å². The van der Waals surface area contributed by atoms with Gasteiger partial charge in [-0.3, -0.25) is 14.9 Å². The van der Waals surface area contributed by atoms with Crippen LogP contribution in [-0.4, -0.2) is 23.9 Å². The van der Waals surface area contributed by atoms with Gasteiger partial charge in [0.1, 0.15) is 0 Å². The first-order valence-corrected chi connectivity index (χ1v) is 4.99. The highest BCUT2D eigenvalue weighted by atomic mass is 16.6. The van der Waals surface area contributed by atoms with Crippen LogP contribution in [0.2, 0.25) is 0 Å². The highest BCUT2D eigenvalue weighted by Crippen LogP contribution is 2.12. The molecule has 1 aromatic carbocycles. The van der Waals surface area contributed by atoms with Crippen molar-refractivity contribution in [1.82, 2.24) is 5.32 Å². The average Bonchev–Trinajstić information content (AvgIpc) is 2.29. The molecule has 1 rings (SSSR count). The number of nitro groups is 1. The van der Waals surface area contributed by atoms with Crippen molar-refractivity contribution in [2.75, 3.05) is 13.1 Å². The predicted molar refractivity (Wildman–Crippen MR) is 64.2 cm³/mol. The molecule has 6 heteroatoms. The summed E-state index contributed by atoms with van der Waals surface area (Å²) in [7, 11) is 0.